The summed E-state index contributed by atoms with van der Waals surface area (Å²) in [5.41, 5.74) is -0.477. The quantitative estimate of drug-likeness (QED) is 0.107. The second kappa shape index (κ2) is 19.5. The van der Waals surface area contributed by atoms with E-state index in [4.69, 9.17) is 9.47 Å². The predicted molar refractivity (Wildman–Crippen MR) is 168 cm³/mol. The lowest BCUT2D eigenvalue weighted by atomic mass is 9.89. The molecule has 10 heteroatoms. The summed E-state index contributed by atoms with van der Waals surface area (Å²) in [6, 6.07) is 7.90. The second-order valence-corrected chi connectivity index (χ2v) is 12.1. The Kier molecular flexibility index (Phi) is 17.7. The van der Waals surface area contributed by atoms with E-state index in [2.05, 4.69) is 33.2 Å². The molecule has 0 saturated carbocycles. The minimum Gasteiger partial charge on any atom is -0.481 e. The monoisotopic (exact) mass is 688 g/mol. The van der Waals surface area contributed by atoms with Crippen molar-refractivity contribution in [2.75, 3.05) is 39.5 Å². The van der Waals surface area contributed by atoms with Gasteiger partial charge in [-0.25, -0.2) is 0 Å². The van der Waals surface area contributed by atoms with E-state index in [-0.39, 0.29) is 49.9 Å². The number of carboxylic acids is 1. The third kappa shape index (κ3) is 13.9. The van der Waals surface area contributed by atoms with E-state index >= 15 is 0 Å². The number of ketones is 3. The molecule has 0 spiro atoms. The molecule has 0 aliphatic rings. The van der Waals surface area contributed by atoms with Crippen LogP contribution in [0, 0.1) is 9.49 Å². The third-order valence-corrected chi connectivity index (χ3v) is 8.26. The Bertz CT molecular complexity index is 972. The first kappa shape index (κ1) is 37.3. The fourth-order valence-corrected chi connectivity index (χ4v) is 4.85. The molecule has 0 bridgehead atoms. The molecular formula is C31H49IN2O7. The van der Waals surface area contributed by atoms with Crippen molar-refractivity contribution >= 4 is 45.9 Å². The molecule has 0 saturated heterocycles. The number of benzene rings is 1. The molecule has 3 atom stereocenters. The summed E-state index contributed by atoms with van der Waals surface area (Å²) < 4.78 is 12.2. The van der Waals surface area contributed by atoms with Crippen molar-refractivity contribution in [1.29, 1.82) is 0 Å². The van der Waals surface area contributed by atoms with Gasteiger partial charge in [0.15, 0.2) is 11.6 Å². The maximum Gasteiger partial charge on any atom is 0.308 e. The number of carboxylic acid groups (broad SMARTS) is 1. The van der Waals surface area contributed by atoms with Crippen LogP contribution in [-0.4, -0.2) is 79.0 Å². The molecule has 232 valence electrons. The van der Waals surface area contributed by atoms with Crippen molar-refractivity contribution in [1.82, 2.24) is 10.6 Å². The highest BCUT2D eigenvalue weighted by atomic mass is 127. The number of aliphatic carboxylic acids is 1. The van der Waals surface area contributed by atoms with Gasteiger partial charge in [0.1, 0.15) is 12.4 Å². The molecule has 1 rings (SSSR count). The molecule has 1 aromatic carbocycles. The number of nitrogens with one attached hydrogen (secondary N) is 2. The number of aryl methyl sites for hydroxylation is 1. The molecule has 0 fully saturated rings. The number of halogens is 1. The zero-order valence-electron chi connectivity index (χ0n) is 25.4. The number of rotatable bonds is 24. The fourth-order valence-electron chi connectivity index (χ4n) is 4.49. The van der Waals surface area contributed by atoms with Crippen molar-refractivity contribution in [3.05, 3.63) is 33.4 Å². The molecule has 0 aliphatic heterocycles. The molecule has 3 N–H and O–H groups in total. The van der Waals surface area contributed by atoms with Gasteiger partial charge in [0.25, 0.3) is 0 Å². The molecule has 0 amide bonds. The molecule has 0 heterocycles. The fraction of sp³-hybridized carbons (Fsp3) is 0.677. The molecule has 41 heavy (non-hydrogen) atoms. The average Bonchev–Trinajstić information content (AvgIpc) is 2.95. The van der Waals surface area contributed by atoms with Crippen molar-refractivity contribution in [3.63, 3.8) is 0 Å². The molecule has 2 unspecified atom stereocenters. The van der Waals surface area contributed by atoms with Crippen LogP contribution in [0.4, 0.5) is 0 Å². The van der Waals surface area contributed by atoms with Gasteiger partial charge >= 0.3 is 5.97 Å². The first-order valence-electron chi connectivity index (χ1n) is 14.6. The minimum atomic E-state index is -1.06. The van der Waals surface area contributed by atoms with Crippen LogP contribution in [0.25, 0.3) is 0 Å². The van der Waals surface area contributed by atoms with Crippen LogP contribution in [-0.2, 0) is 35.1 Å². The smallest absolute Gasteiger partial charge is 0.308 e. The van der Waals surface area contributed by atoms with E-state index < -0.39 is 23.0 Å². The molecular weight excluding hydrogens is 639 g/mol. The van der Waals surface area contributed by atoms with Crippen LogP contribution >= 0.6 is 22.6 Å². The number of carbonyl (C=O) groups excluding carboxylic acids is 3. The molecule has 0 aromatic heterocycles. The average molecular weight is 689 g/mol. The van der Waals surface area contributed by atoms with Gasteiger partial charge < -0.3 is 25.2 Å². The molecule has 0 radical (unpaired) electrons. The molecule has 1 aromatic rings. The summed E-state index contributed by atoms with van der Waals surface area (Å²) in [6.45, 7) is 10.8. The van der Waals surface area contributed by atoms with E-state index in [1.54, 1.807) is 6.92 Å². The van der Waals surface area contributed by atoms with Gasteiger partial charge in [0.05, 0.1) is 36.8 Å². The van der Waals surface area contributed by atoms with E-state index in [1.165, 1.54) is 0 Å². The highest BCUT2D eigenvalue weighted by Gasteiger charge is 2.34. The summed E-state index contributed by atoms with van der Waals surface area (Å²) in [6.07, 6.45) is 3.16. The van der Waals surface area contributed by atoms with E-state index in [0.29, 0.717) is 45.4 Å². The first-order chi connectivity index (χ1) is 19.4. The maximum absolute atomic E-state index is 13.0. The zero-order chi connectivity index (χ0) is 30.9. The number of carbonyl (C=O) groups is 4. The zero-order valence-corrected chi connectivity index (χ0v) is 27.5. The van der Waals surface area contributed by atoms with Crippen molar-refractivity contribution < 1.29 is 33.8 Å². The van der Waals surface area contributed by atoms with Gasteiger partial charge in [-0.1, -0.05) is 39.3 Å². The lowest BCUT2D eigenvalue weighted by Gasteiger charge is -2.30. The number of hydrogen-bond donors (Lipinski definition) is 3. The second-order valence-electron chi connectivity index (χ2n) is 10.8. The Labute approximate surface area is 259 Å². The summed E-state index contributed by atoms with van der Waals surface area (Å²) in [5.74, 6) is -2.10. The summed E-state index contributed by atoms with van der Waals surface area (Å²) in [7, 11) is 0. The van der Waals surface area contributed by atoms with Crippen LogP contribution < -0.4 is 10.6 Å². The van der Waals surface area contributed by atoms with Gasteiger partial charge in [-0.2, -0.15) is 0 Å². The van der Waals surface area contributed by atoms with Crippen LogP contribution in [0.15, 0.2) is 24.3 Å². The summed E-state index contributed by atoms with van der Waals surface area (Å²) in [5, 5.41) is 16.1. The van der Waals surface area contributed by atoms with E-state index in [9.17, 15) is 24.3 Å². The van der Waals surface area contributed by atoms with Gasteiger partial charge in [0, 0.05) is 35.9 Å². The highest BCUT2D eigenvalue weighted by Crippen LogP contribution is 2.17. The van der Waals surface area contributed by atoms with Gasteiger partial charge in [-0.3, -0.25) is 19.2 Å². The Hall–Kier alpha value is -1.73. The molecule has 0 aliphatic carbocycles. The standard InChI is InChI=1S/C31H49IN2O7/c1-6-15-31(5,28(37)22-41-19-18-40-17-16-33-30(4,8-3)27(36)7-2)34-21-24(29(38)39)20-26(35)14-11-23-9-12-25(32)13-10-23/h9-10,12-13,24,33-34H,6-8,11,14-22H2,1-5H3,(H,38,39)/t24-,30?,31?/m0/s1. The van der Waals surface area contributed by atoms with Gasteiger partial charge in [0.2, 0.25) is 0 Å². The molecule has 9 nitrogen and oxygen atoms in total. The normalized spacial score (nSPS) is 15.1. The Morgan fingerprint density at radius 1 is 0.927 bits per heavy atom. The Morgan fingerprint density at radius 3 is 2.17 bits per heavy atom. The van der Waals surface area contributed by atoms with Gasteiger partial charge in [-0.05, 0) is 73.4 Å². The van der Waals surface area contributed by atoms with Crippen LogP contribution in [0.5, 0.6) is 0 Å². The van der Waals surface area contributed by atoms with Crippen molar-refractivity contribution in [2.45, 2.75) is 90.6 Å². The summed E-state index contributed by atoms with van der Waals surface area (Å²) in [4.78, 5) is 49.6. The maximum atomic E-state index is 13.0. The van der Waals surface area contributed by atoms with Crippen LogP contribution in [0.1, 0.15) is 78.7 Å². The third-order valence-electron chi connectivity index (χ3n) is 7.54. The minimum absolute atomic E-state index is 0.0141. The van der Waals surface area contributed by atoms with Crippen molar-refractivity contribution in [3.8, 4) is 0 Å². The van der Waals surface area contributed by atoms with Gasteiger partial charge in [-0.15, -0.1) is 0 Å². The van der Waals surface area contributed by atoms with Crippen LogP contribution in [0.3, 0.4) is 0 Å². The number of hydrogen-bond acceptors (Lipinski definition) is 8. The Balaban J connectivity index is 2.46. The lowest BCUT2D eigenvalue weighted by Crippen LogP contribution is -2.53. The topological polar surface area (TPSA) is 131 Å². The summed E-state index contributed by atoms with van der Waals surface area (Å²) >= 11 is 2.22. The number of ether oxygens (including phenoxy) is 2. The SMILES string of the molecule is CCCC(C)(NC[C@H](CC(=O)CCc1ccc(I)cc1)C(=O)O)C(=O)COCCOCCNC(C)(CC)C(=O)CC. The van der Waals surface area contributed by atoms with Crippen LogP contribution in [0.2, 0.25) is 0 Å². The largest absolute Gasteiger partial charge is 0.481 e. The predicted octanol–water partition coefficient (Wildman–Crippen LogP) is 4.37. The van der Waals surface area contributed by atoms with Crippen molar-refractivity contribution in [2.24, 2.45) is 5.92 Å². The lowest BCUT2D eigenvalue weighted by molar-refractivity contribution is -0.144. The Morgan fingerprint density at radius 2 is 1.59 bits per heavy atom. The first-order valence-corrected chi connectivity index (χ1v) is 15.7. The van der Waals surface area contributed by atoms with E-state index in [0.717, 1.165) is 15.6 Å². The van der Waals surface area contributed by atoms with E-state index in [1.807, 2.05) is 52.0 Å². The number of Topliss-reactive ketones (excluding diaryl/α,β-unsaturated/α-hetero) is 3. The highest BCUT2D eigenvalue weighted by molar-refractivity contribution is 14.1.